The Kier molecular flexibility index (Phi) is 4.37. The van der Waals surface area contributed by atoms with Crippen molar-refractivity contribution in [2.24, 2.45) is 10.9 Å². The van der Waals surface area contributed by atoms with Crippen molar-refractivity contribution in [2.45, 2.75) is 20.3 Å². The van der Waals surface area contributed by atoms with Gasteiger partial charge >= 0.3 is 0 Å². The molecule has 21 heavy (non-hydrogen) atoms. The number of hydrogen-bond acceptors (Lipinski definition) is 4. The minimum absolute atomic E-state index is 0.0600. The van der Waals surface area contributed by atoms with Crippen LogP contribution in [0.5, 0.6) is 11.5 Å². The third kappa shape index (κ3) is 3.28. The average Bonchev–Trinajstić information content (AvgIpc) is 2.49. The maximum absolute atomic E-state index is 14.0. The summed E-state index contributed by atoms with van der Waals surface area (Å²) in [7, 11) is 0. The first-order valence-electron chi connectivity index (χ1n) is 6.47. The molecule has 2 aromatic rings. The molecule has 0 amide bonds. The summed E-state index contributed by atoms with van der Waals surface area (Å²) in [6, 6.07) is 7.66. The van der Waals surface area contributed by atoms with E-state index in [1.54, 1.807) is 12.1 Å². The normalized spacial score (nSPS) is 11.5. The summed E-state index contributed by atoms with van der Waals surface area (Å²) in [6.07, 6.45) is 0.681. The van der Waals surface area contributed by atoms with Crippen molar-refractivity contribution in [2.75, 3.05) is 0 Å². The summed E-state index contributed by atoms with van der Waals surface area (Å²) >= 11 is 0. The number of aryl methyl sites for hydroxylation is 2. The molecule has 3 N–H and O–H groups in total. The molecule has 1 aromatic carbocycles. The molecule has 2 rings (SSSR count). The number of oxime groups is 1. The van der Waals surface area contributed by atoms with Gasteiger partial charge < -0.3 is 15.7 Å². The van der Waals surface area contributed by atoms with Gasteiger partial charge in [-0.25, -0.2) is 4.39 Å². The van der Waals surface area contributed by atoms with Gasteiger partial charge in [-0.1, -0.05) is 12.1 Å². The number of nitrogens with zero attached hydrogens (tertiary/aromatic N) is 2. The van der Waals surface area contributed by atoms with E-state index in [-0.39, 0.29) is 17.1 Å². The summed E-state index contributed by atoms with van der Waals surface area (Å²) in [4.78, 5) is 4.36. The molecule has 110 valence electrons. The first-order chi connectivity index (χ1) is 10.0. The van der Waals surface area contributed by atoms with E-state index in [9.17, 15) is 4.39 Å². The van der Waals surface area contributed by atoms with E-state index in [0.717, 1.165) is 17.5 Å². The number of hydrogen-bond donors (Lipinski definition) is 2. The SMILES string of the molecule is CCc1nc(C)ccc1Oc1ccc(/C(N)=N/O)cc1F. The molecule has 6 heteroatoms. The van der Waals surface area contributed by atoms with Crippen molar-refractivity contribution >= 4 is 5.84 Å². The smallest absolute Gasteiger partial charge is 0.170 e. The minimum atomic E-state index is -0.596. The molecule has 0 aliphatic carbocycles. The lowest BCUT2D eigenvalue weighted by Crippen LogP contribution is -2.13. The fourth-order valence-corrected chi connectivity index (χ4v) is 1.86. The number of halogens is 1. The molecule has 0 aliphatic rings. The van der Waals surface area contributed by atoms with Crippen molar-refractivity contribution in [1.82, 2.24) is 4.98 Å². The van der Waals surface area contributed by atoms with Crippen LogP contribution < -0.4 is 10.5 Å². The van der Waals surface area contributed by atoms with Crippen LogP contribution in [0.3, 0.4) is 0 Å². The lowest BCUT2D eigenvalue weighted by Gasteiger charge is -2.11. The Bertz CT molecular complexity index is 687. The zero-order valence-electron chi connectivity index (χ0n) is 11.8. The largest absolute Gasteiger partial charge is 0.452 e. The number of ether oxygens (including phenoxy) is 1. The molecule has 0 radical (unpaired) electrons. The first kappa shape index (κ1) is 14.8. The molecular formula is C15H16FN3O2. The number of nitrogens with two attached hydrogens (primary N) is 1. The third-order valence-electron chi connectivity index (χ3n) is 2.96. The van der Waals surface area contributed by atoms with Gasteiger partial charge in [0.2, 0.25) is 0 Å². The van der Waals surface area contributed by atoms with Crippen LogP contribution in [0.1, 0.15) is 23.9 Å². The van der Waals surface area contributed by atoms with Gasteiger partial charge in [-0.05, 0) is 43.7 Å². The van der Waals surface area contributed by atoms with Gasteiger partial charge in [0.05, 0.1) is 5.69 Å². The molecule has 1 aromatic heterocycles. The van der Waals surface area contributed by atoms with E-state index >= 15 is 0 Å². The molecule has 5 nitrogen and oxygen atoms in total. The van der Waals surface area contributed by atoms with E-state index in [1.807, 2.05) is 13.8 Å². The highest BCUT2D eigenvalue weighted by Crippen LogP contribution is 2.27. The van der Waals surface area contributed by atoms with Crippen LogP contribution in [0.15, 0.2) is 35.5 Å². The van der Waals surface area contributed by atoms with Gasteiger partial charge in [-0.15, -0.1) is 0 Å². The minimum Gasteiger partial charge on any atom is -0.452 e. The van der Waals surface area contributed by atoms with Gasteiger partial charge in [0.1, 0.15) is 5.75 Å². The zero-order valence-corrected chi connectivity index (χ0v) is 11.8. The fraction of sp³-hybridized carbons (Fsp3) is 0.200. The van der Waals surface area contributed by atoms with Gasteiger partial charge in [0.15, 0.2) is 17.4 Å². The Hall–Kier alpha value is -2.63. The Morgan fingerprint density at radius 3 is 2.67 bits per heavy atom. The molecule has 0 aliphatic heterocycles. The maximum Gasteiger partial charge on any atom is 0.170 e. The number of aromatic nitrogens is 1. The molecule has 0 fully saturated rings. The van der Waals surface area contributed by atoms with Crippen LogP contribution in [-0.4, -0.2) is 16.0 Å². The molecule has 0 bridgehead atoms. The lowest BCUT2D eigenvalue weighted by atomic mass is 10.2. The third-order valence-corrected chi connectivity index (χ3v) is 2.96. The number of rotatable bonds is 4. The predicted molar refractivity (Wildman–Crippen MR) is 77.3 cm³/mol. The Balaban J connectivity index is 2.32. The summed E-state index contributed by atoms with van der Waals surface area (Å²) < 4.78 is 19.6. The zero-order chi connectivity index (χ0) is 15.4. The van der Waals surface area contributed by atoms with Gasteiger partial charge in [-0.2, -0.15) is 0 Å². The first-order valence-corrected chi connectivity index (χ1v) is 6.47. The number of amidine groups is 1. The number of pyridine rings is 1. The van der Waals surface area contributed by atoms with Gasteiger partial charge in [0, 0.05) is 11.3 Å². The topological polar surface area (TPSA) is 80.7 Å². The predicted octanol–water partition coefficient (Wildman–Crippen LogP) is 2.98. The highest BCUT2D eigenvalue weighted by atomic mass is 19.1. The van der Waals surface area contributed by atoms with Crippen molar-refractivity contribution < 1.29 is 14.3 Å². The second-order valence-electron chi connectivity index (χ2n) is 4.48. The van der Waals surface area contributed by atoms with E-state index in [1.165, 1.54) is 12.1 Å². The van der Waals surface area contributed by atoms with Crippen molar-refractivity contribution in [3.05, 3.63) is 53.1 Å². The van der Waals surface area contributed by atoms with Gasteiger partial charge in [0.25, 0.3) is 0 Å². The van der Waals surface area contributed by atoms with Crippen molar-refractivity contribution in [3.63, 3.8) is 0 Å². The Morgan fingerprint density at radius 2 is 2.05 bits per heavy atom. The van der Waals surface area contributed by atoms with Crippen LogP contribution in [0.25, 0.3) is 0 Å². The van der Waals surface area contributed by atoms with Gasteiger partial charge in [-0.3, -0.25) is 4.98 Å². The van der Waals surface area contributed by atoms with E-state index in [4.69, 9.17) is 15.7 Å². The summed E-state index contributed by atoms with van der Waals surface area (Å²) in [5.74, 6) is -0.184. The second kappa shape index (κ2) is 6.21. The van der Waals surface area contributed by atoms with E-state index in [0.29, 0.717) is 12.2 Å². The highest BCUT2D eigenvalue weighted by molar-refractivity contribution is 5.97. The summed E-state index contributed by atoms with van der Waals surface area (Å²) in [5.41, 5.74) is 7.32. The average molecular weight is 289 g/mol. The fourth-order valence-electron chi connectivity index (χ4n) is 1.86. The van der Waals surface area contributed by atoms with E-state index < -0.39 is 5.82 Å². The molecule has 0 atom stereocenters. The molecule has 0 saturated heterocycles. The quantitative estimate of drug-likeness (QED) is 0.392. The highest BCUT2D eigenvalue weighted by Gasteiger charge is 2.11. The molecule has 0 unspecified atom stereocenters. The monoisotopic (exact) mass is 289 g/mol. The van der Waals surface area contributed by atoms with Crippen LogP contribution in [0, 0.1) is 12.7 Å². The summed E-state index contributed by atoms with van der Waals surface area (Å²) in [6.45, 7) is 3.84. The van der Waals surface area contributed by atoms with E-state index in [2.05, 4.69) is 10.1 Å². The standard InChI is InChI=1S/C15H16FN3O2/c1-3-12-14(6-4-9(2)18-12)21-13-7-5-10(8-11(13)16)15(17)19-20/h4-8,20H,3H2,1-2H3,(H2,17,19). The molecule has 0 spiro atoms. The van der Waals surface area contributed by atoms with Crippen LogP contribution in [0.4, 0.5) is 4.39 Å². The Morgan fingerprint density at radius 1 is 1.33 bits per heavy atom. The Labute approximate surface area is 121 Å². The van der Waals surface area contributed by atoms with Crippen LogP contribution >= 0.6 is 0 Å². The molecular weight excluding hydrogens is 273 g/mol. The summed E-state index contributed by atoms with van der Waals surface area (Å²) in [5, 5.41) is 11.4. The van der Waals surface area contributed by atoms with Crippen molar-refractivity contribution in [1.29, 1.82) is 0 Å². The van der Waals surface area contributed by atoms with Crippen LogP contribution in [-0.2, 0) is 6.42 Å². The second-order valence-corrected chi connectivity index (χ2v) is 4.48. The molecule has 1 heterocycles. The lowest BCUT2D eigenvalue weighted by molar-refractivity contribution is 0.318. The maximum atomic E-state index is 14.0. The van der Waals surface area contributed by atoms with Crippen molar-refractivity contribution in [3.8, 4) is 11.5 Å². The van der Waals surface area contributed by atoms with Crippen LogP contribution in [0.2, 0.25) is 0 Å². The molecule has 0 saturated carbocycles. The number of benzene rings is 1.